The van der Waals surface area contributed by atoms with E-state index in [9.17, 15) is 14.4 Å². The number of amides is 3. The maximum absolute atomic E-state index is 12.9. The Morgan fingerprint density at radius 3 is 2.86 bits per heavy atom. The van der Waals surface area contributed by atoms with Crippen LogP contribution in [-0.2, 0) is 16.1 Å². The summed E-state index contributed by atoms with van der Waals surface area (Å²) in [7, 11) is 0. The summed E-state index contributed by atoms with van der Waals surface area (Å²) in [5.74, 6) is -0.795. The van der Waals surface area contributed by atoms with Crippen molar-refractivity contribution in [3.05, 3.63) is 29.3 Å². The zero-order valence-corrected chi connectivity index (χ0v) is 17.1. The summed E-state index contributed by atoms with van der Waals surface area (Å²) >= 11 is 0. The van der Waals surface area contributed by atoms with E-state index in [2.05, 4.69) is 24.1 Å². The summed E-state index contributed by atoms with van der Waals surface area (Å²) in [6.45, 7) is 6.52. The second kappa shape index (κ2) is 8.14. The number of carbonyl (C=O) groups excluding carboxylic acids is 3. The van der Waals surface area contributed by atoms with E-state index in [-0.39, 0.29) is 31.4 Å². The number of ether oxygens (including phenoxy) is 1. The fourth-order valence-electron chi connectivity index (χ4n) is 4.69. The van der Waals surface area contributed by atoms with Gasteiger partial charge in [0.05, 0.1) is 1.37 Å². The third-order valence-electron chi connectivity index (χ3n) is 6.24. The van der Waals surface area contributed by atoms with Crippen LogP contribution in [0.5, 0.6) is 5.75 Å². The minimum absolute atomic E-state index is 0.00627. The van der Waals surface area contributed by atoms with Gasteiger partial charge in [-0.1, -0.05) is 13.3 Å². The first kappa shape index (κ1) is 18.6. The highest BCUT2D eigenvalue weighted by Gasteiger charge is 2.39. The molecule has 0 aliphatic carbocycles. The maximum atomic E-state index is 12.9. The van der Waals surface area contributed by atoms with Gasteiger partial charge in [0.15, 0.2) is 0 Å². The van der Waals surface area contributed by atoms with Gasteiger partial charge in [-0.3, -0.25) is 24.6 Å². The number of imide groups is 1. The molecule has 3 aliphatic heterocycles. The number of piperidine rings is 2. The van der Waals surface area contributed by atoms with Gasteiger partial charge < -0.3 is 9.64 Å². The molecule has 2 unspecified atom stereocenters. The number of nitrogens with zero attached hydrogens (tertiary/aromatic N) is 2. The Kier molecular flexibility index (Phi) is 5.23. The highest BCUT2D eigenvalue weighted by atomic mass is 16.5. The lowest BCUT2D eigenvalue weighted by Crippen LogP contribution is -2.52. The molecular weight excluding hydrogens is 370 g/mol. The topological polar surface area (TPSA) is 79.0 Å². The van der Waals surface area contributed by atoms with E-state index in [1.165, 1.54) is 17.7 Å². The van der Waals surface area contributed by atoms with E-state index in [1.807, 2.05) is 6.07 Å². The van der Waals surface area contributed by atoms with Crippen LogP contribution in [0.25, 0.3) is 0 Å². The summed E-state index contributed by atoms with van der Waals surface area (Å²) in [5.41, 5.74) is 1.23. The Morgan fingerprint density at radius 1 is 1.28 bits per heavy atom. The van der Waals surface area contributed by atoms with Crippen molar-refractivity contribution >= 4 is 17.7 Å². The van der Waals surface area contributed by atoms with Crippen LogP contribution in [-0.4, -0.2) is 58.8 Å². The normalized spacial score (nSPS) is 29.3. The van der Waals surface area contributed by atoms with E-state index in [0.717, 1.165) is 25.1 Å². The molecule has 2 fully saturated rings. The van der Waals surface area contributed by atoms with Crippen molar-refractivity contribution in [2.24, 2.45) is 0 Å². The molecule has 3 aliphatic rings. The number of likely N-dealkylation sites (tertiary alicyclic amines) is 1. The molecule has 1 aromatic carbocycles. The van der Waals surface area contributed by atoms with Crippen LogP contribution in [0.2, 0.25) is 0 Å². The van der Waals surface area contributed by atoms with Crippen LogP contribution >= 0.6 is 0 Å². The number of likely N-dealkylation sites (N-methyl/N-ethyl adjacent to an activating group) is 1. The fourth-order valence-corrected chi connectivity index (χ4v) is 4.69. The van der Waals surface area contributed by atoms with Gasteiger partial charge >= 0.3 is 0 Å². The SMILES string of the molecule is [2H]C1(N2Cc3cc(OC(C)[C@H]4CCCCN4CC)ccc3C2=O)CCC(=O)NC1=O. The number of benzene rings is 1. The van der Waals surface area contributed by atoms with Gasteiger partial charge in [-0.2, -0.15) is 0 Å². The van der Waals surface area contributed by atoms with Gasteiger partial charge in [0, 0.05) is 24.6 Å². The standard InChI is InChI=1S/C22H29N3O4/c1-3-24-11-5-4-6-18(24)14(2)29-16-7-8-17-15(12-16)13-25(22(17)28)19-9-10-20(26)23-21(19)27/h7-8,12,14,18-19H,3-6,9-11,13H2,1-2H3,(H,23,26,27)/t14?,18-,19?/m1/s1/i19D. The first-order valence-electron chi connectivity index (χ1n) is 11.0. The zero-order chi connectivity index (χ0) is 21.5. The summed E-state index contributed by atoms with van der Waals surface area (Å²) in [4.78, 5) is 40.4. The van der Waals surface area contributed by atoms with Crippen molar-refractivity contribution in [3.63, 3.8) is 0 Å². The van der Waals surface area contributed by atoms with Crippen molar-refractivity contribution in [2.45, 2.75) is 70.7 Å². The van der Waals surface area contributed by atoms with E-state index < -0.39 is 17.8 Å². The quantitative estimate of drug-likeness (QED) is 0.766. The van der Waals surface area contributed by atoms with Crippen molar-refractivity contribution in [1.82, 2.24) is 15.1 Å². The highest BCUT2D eigenvalue weighted by Crippen LogP contribution is 2.31. The number of hydrogen-bond acceptors (Lipinski definition) is 5. The molecule has 0 spiro atoms. The third-order valence-corrected chi connectivity index (χ3v) is 6.24. The lowest BCUT2D eigenvalue weighted by Gasteiger charge is -2.38. The number of hydrogen-bond donors (Lipinski definition) is 1. The molecule has 1 N–H and O–H groups in total. The van der Waals surface area contributed by atoms with Crippen molar-refractivity contribution < 1.29 is 20.5 Å². The summed E-state index contributed by atoms with van der Waals surface area (Å²) in [5, 5.41) is 2.19. The molecule has 0 radical (unpaired) electrons. The summed E-state index contributed by atoms with van der Waals surface area (Å²) in [6.07, 6.45) is 3.62. The molecule has 0 aromatic heterocycles. The smallest absolute Gasteiger partial charge is 0.255 e. The molecule has 7 heteroatoms. The van der Waals surface area contributed by atoms with E-state index >= 15 is 0 Å². The van der Waals surface area contributed by atoms with Crippen LogP contribution in [0, 0.1) is 0 Å². The number of nitrogens with one attached hydrogen (secondary N) is 1. The van der Waals surface area contributed by atoms with Gasteiger partial charge in [0.1, 0.15) is 17.9 Å². The van der Waals surface area contributed by atoms with Gasteiger partial charge in [-0.25, -0.2) is 0 Å². The summed E-state index contributed by atoms with van der Waals surface area (Å²) < 4.78 is 14.8. The predicted molar refractivity (Wildman–Crippen MR) is 107 cm³/mol. The lowest BCUT2D eigenvalue weighted by atomic mass is 9.98. The monoisotopic (exact) mass is 400 g/mol. The molecule has 1 aromatic rings. The van der Waals surface area contributed by atoms with Gasteiger partial charge in [0.2, 0.25) is 11.8 Å². The molecule has 4 rings (SSSR count). The molecule has 29 heavy (non-hydrogen) atoms. The Morgan fingerprint density at radius 2 is 2.10 bits per heavy atom. The molecule has 0 saturated carbocycles. The largest absolute Gasteiger partial charge is 0.489 e. The van der Waals surface area contributed by atoms with Crippen LogP contribution in [0.3, 0.4) is 0 Å². The van der Waals surface area contributed by atoms with Crippen molar-refractivity contribution in [2.75, 3.05) is 13.1 Å². The Balaban J connectivity index is 1.49. The Hall–Kier alpha value is -2.41. The Labute approximate surface area is 172 Å². The highest BCUT2D eigenvalue weighted by molar-refractivity contribution is 6.05. The fraction of sp³-hybridized carbons (Fsp3) is 0.591. The van der Waals surface area contributed by atoms with Crippen LogP contribution in [0.15, 0.2) is 18.2 Å². The Bertz CT molecular complexity index is 876. The van der Waals surface area contributed by atoms with Crippen LogP contribution in [0.1, 0.15) is 63.2 Å². The average molecular weight is 400 g/mol. The van der Waals surface area contributed by atoms with E-state index in [4.69, 9.17) is 6.11 Å². The lowest BCUT2D eigenvalue weighted by molar-refractivity contribution is -0.136. The minimum atomic E-state index is -1.76. The predicted octanol–water partition coefficient (Wildman–Crippen LogP) is 2.09. The maximum Gasteiger partial charge on any atom is 0.255 e. The minimum Gasteiger partial charge on any atom is -0.489 e. The molecule has 156 valence electrons. The van der Waals surface area contributed by atoms with Crippen molar-refractivity contribution in [1.29, 1.82) is 0 Å². The molecule has 0 bridgehead atoms. The second-order valence-electron chi connectivity index (χ2n) is 8.05. The van der Waals surface area contributed by atoms with Crippen molar-refractivity contribution in [3.8, 4) is 5.75 Å². The van der Waals surface area contributed by atoms with Gasteiger partial charge in [-0.05, 0) is 63.0 Å². The van der Waals surface area contributed by atoms with E-state index in [1.54, 1.807) is 12.1 Å². The number of carbonyl (C=O) groups is 3. The molecule has 2 saturated heterocycles. The first-order chi connectivity index (χ1) is 14.3. The average Bonchev–Trinajstić information content (AvgIpc) is 3.07. The molecule has 7 nitrogen and oxygen atoms in total. The van der Waals surface area contributed by atoms with E-state index in [0.29, 0.717) is 17.4 Å². The summed E-state index contributed by atoms with van der Waals surface area (Å²) in [6, 6.07) is 3.96. The second-order valence-corrected chi connectivity index (χ2v) is 8.05. The molecule has 3 atom stereocenters. The third kappa shape index (κ3) is 3.88. The number of rotatable bonds is 5. The van der Waals surface area contributed by atoms with Gasteiger partial charge in [-0.15, -0.1) is 0 Å². The first-order valence-corrected chi connectivity index (χ1v) is 10.5. The molecular formula is C22H29N3O4. The van der Waals surface area contributed by atoms with Crippen LogP contribution < -0.4 is 10.1 Å². The molecule has 3 amide bonds. The molecule has 3 heterocycles. The zero-order valence-electron chi connectivity index (χ0n) is 18.1. The van der Waals surface area contributed by atoms with Gasteiger partial charge in [0.25, 0.3) is 5.91 Å². The number of fused-ring (bicyclic) bond motifs is 1. The van der Waals surface area contributed by atoms with Crippen LogP contribution in [0.4, 0.5) is 0 Å².